The molecule has 0 aliphatic heterocycles. The van der Waals surface area contributed by atoms with Gasteiger partial charge in [-0.15, -0.1) is 0 Å². The van der Waals surface area contributed by atoms with Crippen molar-refractivity contribution in [3.05, 3.63) is 77.6 Å². The highest BCUT2D eigenvalue weighted by Gasteiger charge is 2.30. The van der Waals surface area contributed by atoms with Crippen molar-refractivity contribution in [2.75, 3.05) is 18.0 Å². The summed E-state index contributed by atoms with van der Waals surface area (Å²) in [5.74, 6) is 1.32. The second kappa shape index (κ2) is 7.57. The van der Waals surface area contributed by atoms with E-state index in [1.807, 2.05) is 0 Å². The number of benzene rings is 2. The highest BCUT2D eigenvalue weighted by Crippen LogP contribution is 2.32. The molecule has 1 aliphatic carbocycles. The molecule has 0 N–H and O–H groups in total. The Hall–Kier alpha value is -2.22. The molecule has 0 heterocycles. The number of nitrogens with zero attached hydrogens (tertiary/aromatic N) is 2. The number of fused-ring (bicyclic) bond motifs is 1. The van der Waals surface area contributed by atoms with E-state index in [0.29, 0.717) is 6.04 Å². The number of rotatable bonds is 6. The predicted molar refractivity (Wildman–Crippen MR) is 103 cm³/mol. The molecule has 0 saturated carbocycles. The smallest absolute Gasteiger partial charge is 0.104 e. The van der Waals surface area contributed by atoms with Crippen LogP contribution < -0.4 is 4.90 Å². The van der Waals surface area contributed by atoms with Gasteiger partial charge in [0.25, 0.3) is 0 Å². The van der Waals surface area contributed by atoms with Crippen LogP contribution in [0.4, 0.5) is 5.69 Å². The molecule has 0 saturated heterocycles. The number of hydrogen-bond donors (Lipinski definition) is 0. The van der Waals surface area contributed by atoms with Crippen LogP contribution in [-0.4, -0.2) is 24.0 Å². The van der Waals surface area contributed by atoms with Crippen molar-refractivity contribution < 1.29 is 0 Å². The molecule has 0 bridgehead atoms. The molecule has 2 heteroatoms. The van der Waals surface area contributed by atoms with Crippen LogP contribution in [0.2, 0.25) is 0 Å². The van der Waals surface area contributed by atoms with Crippen LogP contribution in [0.15, 0.2) is 66.5 Å². The van der Waals surface area contributed by atoms with E-state index in [1.165, 1.54) is 22.6 Å². The van der Waals surface area contributed by atoms with E-state index in [4.69, 9.17) is 0 Å². The summed E-state index contributed by atoms with van der Waals surface area (Å²) in [4.78, 5) is 5.00. The molecule has 2 aromatic rings. The fourth-order valence-electron chi connectivity index (χ4n) is 3.86. The van der Waals surface area contributed by atoms with Crippen molar-refractivity contribution in [1.82, 2.24) is 4.90 Å². The molecule has 0 fully saturated rings. The van der Waals surface area contributed by atoms with Gasteiger partial charge in [0.2, 0.25) is 0 Å². The minimum Gasteiger partial charge on any atom is -0.359 e. The van der Waals surface area contributed by atoms with Crippen LogP contribution in [0.1, 0.15) is 31.9 Å². The molecular weight excluding hydrogens is 292 g/mol. The zero-order valence-electron chi connectivity index (χ0n) is 15.1. The van der Waals surface area contributed by atoms with Gasteiger partial charge in [-0.1, -0.05) is 42.5 Å². The van der Waals surface area contributed by atoms with E-state index in [-0.39, 0.29) is 0 Å². The monoisotopic (exact) mass is 320 g/mol. The van der Waals surface area contributed by atoms with Crippen LogP contribution in [0.5, 0.6) is 0 Å². The standard InChI is InChI=1S/C22H28N2/c1-4-22(23(5-2)6-3)24(20-14-8-7-9-15-20)21-16-18-12-10-11-13-19(18)17-21/h4,7-15,21H,5-6,16-17H2,1-3H3. The highest BCUT2D eigenvalue weighted by molar-refractivity contribution is 5.55. The first kappa shape index (κ1) is 16.6. The maximum Gasteiger partial charge on any atom is 0.104 e. The Morgan fingerprint density at radius 1 is 0.917 bits per heavy atom. The summed E-state index contributed by atoms with van der Waals surface area (Å²) in [7, 11) is 0. The first-order valence-electron chi connectivity index (χ1n) is 9.10. The third-order valence-electron chi connectivity index (χ3n) is 5.02. The van der Waals surface area contributed by atoms with E-state index in [2.05, 4.69) is 91.2 Å². The van der Waals surface area contributed by atoms with Crippen molar-refractivity contribution in [1.29, 1.82) is 0 Å². The van der Waals surface area contributed by atoms with Gasteiger partial charge < -0.3 is 9.80 Å². The van der Waals surface area contributed by atoms with Crippen molar-refractivity contribution in [2.24, 2.45) is 0 Å². The van der Waals surface area contributed by atoms with Crippen LogP contribution in [0.25, 0.3) is 0 Å². The molecule has 3 rings (SSSR count). The summed E-state index contributed by atoms with van der Waals surface area (Å²) in [6.07, 6.45) is 4.50. The molecule has 0 radical (unpaired) electrons. The minimum atomic E-state index is 0.483. The molecule has 0 unspecified atom stereocenters. The maximum atomic E-state index is 2.55. The topological polar surface area (TPSA) is 6.48 Å². The normalized spacial score (nSPS) is 14.5. The van der Waals surface area contributed by atoms with Crippen molar-refractivity contribution in [3.8, 4) is 0 Å². The largest absolute Gasteiger partial charge is 0.359 e. The van der Waals surface area contributed by atoms with Crippen molar-refractivity contribution >= 4 is 5.69 Å². The zero-order valence-corrected chi connectivity index (χ0v) is 15.1. The lowest BCUT2D eigenvalue weighted by Gasteiger charge is -2.39. The summed E-state index contributed by atoms with van der Waals surface area (Å²) in [6, 6.07) is 20.2. The molecule has 0 spiro atoms. The summed E-state index contributed by atoms with van der Waals surface area (Å²) < 4.78 is 0. The molecule has 1 aliphatic rings. The van der Waals surface area contributed by atoms with Gasteiger partial charge in [-0.3, -0.25) is 0 Å². The second-order valence-electron chi connectivity index (χ2n) is 6.36. The number of hydrogen-bond acceptors (Lipinski definition) is 2. The fourth-order valence-corrected chi connectivity index (χ4v) is 3.86. The molecular formula is C22H28N2. The number of anilines is 1. The molecule has 0 aromatic heterocycles. The number of para-hydroxylation sites is 1. The van der Waals surface area contributed by atoms with Crippen molar-refractivity contribution in [2.45, 2.75) is 39.7 Å². The summed E-state index contributed by atoms with van der Waals surface area (Å²) in [5.41, 5.74) is 4.28. The van der Waals surface area contributed by atoms with E-state index in [0.717, 1.165) is 25.9 Å². The third-order valence-corrected chi connectivity index (χ3v) is 5.02. The van der Waals surface area contributed by atoms with Gasteiger partial charge in [0.1, 0.15) is 5.82 Å². The molecule has 2 aromatic carbocycles. The lowest BCUT2D eigenvalue weighted by molar-refractivity contribution is 0.358. The Morgan fingerprint density at radius 3 is 1.96 bits per heavy atom. The summed E-state index contributed by atoms with van der Waals surface area (Å²) in [6.45, 7) is 8.68. The minimum absolute atomic E-state index is 0.483. The first-order valence-corrected chi connectivity index (χ1v) is 9.10. The van der Waals surface area contributed by atoms with E-state index in [9.17, 15) is 0 Å². The van der Waals surface area contributed by atoms with Gasteiger partial charge in [0.05, 0.1) is 0 Å². The average Bonchev–Trinajstić information content (AvgIpc) is 3.06. The predicted octanol–water partition coefficient (Wildman–Crippen LogP) is 4.86. The van der Waals surface area contributed by atoms with Crippen LogP contribution >= 0.6 is 0 Å². The van der Waals surface area contributed by atoms with Crippen molar-refractivity contribution in [3.63, 3.8) is 0 Å². The Labute approximate surface area is 146 Å². The average molecular weight is 320 g/mol. The molecule has 0 amide bonds. The lowest BCUT2D eigenvalue weighted by atomic mass is 10.1. The van der Waals surface area contributed by atoms with Crippen LogP contribution in [0.3, 0.4) is 0 Å². The molecule has 2 nitrogen and oxygen atoms in total. The Morgan fingerprint density at radius 2 is 1.46 bits per heavy atom. The van der Waals surface area contributed by atoms with Crippen LogP contribution in [-0.2, 0) is 12.8 Å². The first-order chi connectivity index (χ1) is 11.8. The Bertz CT molecular complexity index is 661. The van der Waals surface area contributed by atoms with E-state index < -0.39 is 0 Å². The zero-order chi connectivity index (χ0) is 16.9. The highest BCUT2D eigenvalue weighted by atomic mass is 15.3. The van der Waals surface area contributed by atoms with Crippen LogP contribution in [0, 0.1) is 0 Å². The van der Waals surface area contributed by atoms with Gasteiger partial charge in [-0.2, -0.15) is 0 Å². The summed E-state index contributed by atoms with van der Waals surface area (Å²) >= 11 is 0. The Balaban J connectivity index is 1.98. The molecule has 24 heavy (non-hydrogen) atoms. The molecule has 0 atom stereocenters. The second-order valence-corrected chi connectivity index (χ2v) is 6.36. The van der Waals surface area contributed by atoms with Gasteiger partial charge >= 0.3 is 0 Å². The number of allylic oxidation sites excluding steroid dienone is 1. The van der Waals surface area contributed by atoms with Gasteiger partial charge in [-0.25, -0.2) is 0 Å². The quantitative estimate of drug-likeness (QED) is 0.749. The van der Waals surface area contributed by atoms with Gasteiger partial charge in [0.15, 0.2) is 0 Å². The maximum absolute atomic E-state index is 2.55. The van der Waals surface area contributed by atoms with Gasteiger partial charge in [-0.05, 0) is 62.9 Å². The molecule has 126 valence electrons. The lowest BCUT2D eigenvalue weighted by Crippen LogP contribution is -2.42. The van der Waals surface area contributed by atoms with E-state index >= 15 is 0 Å². The van der Waals surface area contributed by atoms with E-state index in [1.54, 1.807) is 0 Å². The Kier molecular flexibility index (Phi) is 5.24. The van der Waals surface area contributed by atoms with Gasteiger partial charge in [0, 0.05) is 24.8 Å². The fraction of sp³-hybridized carbons (Fsp3) is 0.364. The summed E-state index contributed by atoms with van der Waals surface area (Å²) in [5, 5.41) is 0. The third kappa shape index (κ3) is 3.19. The SMILES string of the molecule is CC=C(N(CC)CC)N(c1ccccc1)C1Cc2ccccc2C1.